The van der Waals surface area contributed by atoms with Gasteiger partial charge < -0.3 is 10.1 Å². The lowest BCUT2D eigenvalue weighted by molar-refractivity contribution is 0.0932. The number of aryl methyl sites for hydroxylation is 2. The maximum absolute atomic E-state index is 13.1. The molecule has 0 aromatic heterocycles. The number of sulfonamides is 1. The van der Waals surface area contributed by atoms with Crippen LogP contribution >= 0.6 is 0 Å². The first-order valence-electron chi connectivity index (χ1n) is 12.1. The number of ether oxygens (including phenoxy) is 1. The SMILES string of the molecule is COc1ccc([C@H](CC(C)C)NC(=O)c2ccc(CN(c3c(C)cccc3C)S(C)(=O)=O)cc2)cc1. The Balaban J connectivity index is 1.79. The molecule has 0 bridgehead atoms. The number of benzene rings is 3. The molecular weight excluding hydrogens is 472 g/mol. The zero-order valence-corrected chi connectivity index (χ0v) is 22.7. The van der Waals surface area contributed by atoms with Crippen molar-refractivity contribution in [3.05, 3.63) is 94.5 Å². The van der Waals surface area contributed by atoms with Gasteiger partial charge >= 0.3 is 0 Å². The first kappa shape index (κ1) is 27.3. The summed E-state index contributed by atoms with van der Waals surface area (Å²) < 4.78 is 32.0. The van der Waals surface area contributed by atoms with E-state index in [1.165, 1.54) is 10.6 Å². The molecule has 1 amide bonds. The maximum atomic E-state index is 13.1. The Labute approximate surface area is 215 Å². The molecule has 0 aliphatic carbocycles. The first-order valence-corrected chi connectivity index (χ1v) is 13.9. The highest BCUT2D eigenvalue weighted by molar-refractivity contribution is 7.92. The molecule has 6 nitrogen and oxygen atoms in total. The summed E-state index contributed by atoms with van der Waals surface area (Å²) in [6.07, 6.45) is 2.02. The average molecular weight is 509 g/mol. The predicted molar refractivity (Wildman–Crippen MR) is 146 cm³/mol. The molecule has 0 heterocycles. The normalized spacial score (nSPS) is 12.3. The lowest BCUT2D eigenvalue weighted by Gasteiger charge is -2.26. The van der Waals surface area contributed by atoms with Crippen LogP contribution in [0.15, 0.2) is 66.7 Å². The van der Waals surface area contributed by atoms with Gasteiger partial charge in [0.05, 0.1) is 31.6 Å². The number of nitrogens with zero attached hydrogens (tertiary/aromatic N) is 1. The van der Waals surface area contributed by atoms with Crippen LogP contribution in [-0.2, 0) is 16.6 Å². The van der Waals surface area contributed by atoms with Crippen molar-refractivity contribution in [1.29, 1.82) is 0 Å². The molecule has 192 valence electrons. The molecule has 3 aromatic carbocycles. The van der Waals surface area contributed by atoms with Crippen molar-refractivity contribution in [2.45, 2.75) is 46.7 Å². The Bertz CT molecular complexity index is 1260. The number of amides is 1. The Morgan fingerprint density at radius 1 is 0.944 bits per heavy atom. The van der Waals surface area contributed by atoms with Crippen LogP contribution in [-0.4, -0.2) is 27.7 Å². The maximum Gasteiger partial charge on any atom is 0.251 e. The summed E-state index contributed by atoms with van der Waals surface area (Å²) in [6, 6.07) is 20.5. The Morgan fingerprint density at radius 3 is 2.03 bits per heavy atom. The van der Waals surface area contributed by atoms with Gasteiger partial charge in [-0.2, -0.15) is 0 Å². The molecule has 0 radical (unpaired) electrons. The van der Waals surface area contributed by atoms with E-state index >= 15 is 0 Å². The number of para-hydroxylation sites is 1. The van der Waals surface area contributed by atoms with E-state index in [0.29, 0.717) is 17.2 Å². The van der Waals surface area contributed by atoms with Crippen molar-refractivity contribution in [1.82, 2.24) is 5.32 Å². The molecule has 0 saturated carbocycles. The van der Waals surface area contributed by atoms with Gasteiger partial charge in [0.2, 0.25) is 10.0 Å². The second-order valence-corrected chi connectivity index (χ2v) is 11.5. The van der Waals surface area contributed by atoms with E-state index in [0.717, 1.165) is 34.4 Å². The Morgan fingerprint density at radius 2 is 1.53 bits per heavy atom. The lowest BCUT2D eigenvalue weighted by Crippen LogP contribution is -2.31. The van der Waals surface area contributed by atoms with Crippen LogP contribution < -0.4 is 14.4 Å². The smallest absolute Gasteiger partial charge is 0.251 e. The third-order valence-corrected chi connectivity index (χ3v) is 7.27. The Hall–Kier alpha value is -3.32. The molecule has 3 rings (SSSR count). The zero-order chi connectivity index (χ0) is 26.5. The number of methoxy groups -OCH3 is 1. The number of carbonyl (C=O) groups excluding carboxylic acids is 1. The predicted octanol–water partition coefficient (Wildman–Crippen LogP) is 5.80. The van der Waals surface area contributed by atoms with Gasteiger partial charge in [-0.25, -0.2) is 8.42 Å². The minimum absolute atomic E-state index is 0.132. The van der Waals surface area contributed by atoms with Gasteiger partial charge in [-0.1, -0.05) is 56.3 Å². The quantitative estimate of drug-likeness (QED) is 0.376. The molecule has 0 aliphatic heterocycles. The van der Waals surface area contributed by atoms with Gasteiger partial charge in [0, 0.05) is 5.56 Å². The van der Waals surface area contributed by atoms with Crippen LogP contribution in [0, 0.1) is 19.8 Å². The summed E-state index contributed by atoms with van der Waals surface area (Å²) in [5.41, 5.74) is 4.83. The van der Waals surface area contributed by atoms with Crippen molar-refractivity contribution >= 4 is 21.6 Å². The first-order chi connectivity index (χ1) is 17.0. The summed E-state index contributed by atoms with van der Waals surface area (Å²) in [5.74, 6) is 0.998. The third kappa shape index (κ3) is 6.88. The summed E-state index contributed by atoms with van der Waals surface area (Å²) in [4.78, 5) is 13.1. The second kappa shape index (κ2) is 11.6. The van der Waals surface area contributed by atoms with E-state index in [1.807, 2.05) is 68.4 Å². The van der Waals surface area contributed by atoms with E-state index in [-0.39, 0.29) is 18.5 Å². The van der Waals surface area contributed by atoms with Crippen molar-refractivity contribution in [3.63, 3.8) is 0 Å². The van der Waals surface area contributed by atoms with Gasteiger partial charge in [-0.15, -0.1) is 0 Å². The van der Waals surface area contributed by atoms with Gasteiger partial charge in [0.25, 0.3) is 5.91 Å². The Kier molecular flexibility index (Phi) is 8.79. The van der Waals surface area contributed by atoms with Crippen LogP contribution in [0.1, 0.15) is 58.9 Å². The highest BCUT2D eigenvalue weighted by atomic mass is 32.2. The van der Waals surface area contributed by atoms with Crippen LogP contribution in [0.2, 0.25) is 0 Å². The molecule has 3 aromatic rings. The number of hydrogen-bond acceptors (Lipinski definition) is 4. The molecule has 0 aliphatic rings. The topological polar surface area (TPSA) is 75.7 Å². The largest absolute Gasteiger partial charge is 0.497 e. The average Bonchev–Trinajstić information content (AvgIpc) is 2.82. The number of anilines is 1. The highest BCUT2D eigenvalue weighted by Crippen LogP contribution is 2.29. The minimum Gasteiger partial charge on any atom is -0.497 e. The number of rotatable bonds is 10. The second-order valence-electron chi connectivity index (χ2n) is 9.64. The molecule has 0 unspecified atom stereocenters. The minimum atomic E-state index is -3.51. The van der Waals surface area contributed by atoms with E-state index < -0.39 is 10.0 Å². The highest BCUT2D eigenvalue weighted by Gasteiger charge is 2.22. The van der Waals surface area contributed by atoms with Crippen molar-refractivity contribution < 1.29 is 17.9 Å². The van der Waals surface area contributed by atoms with E-state index in [9.17, 15) is 13.2 Å². The van der Waals surface area contributed by atoms with Gasteiger partial charge in [0.15, 0.2) is 0 Å². The van der Waals surface area contributed by atoms with Gasteiger partial charge in [0.1, 0.15) is 5.75 Å². The van der Waals surface area contributed by atoms with Gasteiger partial charge in [-0.05, 0) is 72.7 Å². The van der Waals surface area contributed by atoms with E-state index in [1.54, 1.807) is 19.2 Å². The van der Waals surface area contributed by atoms with Gasteiger partial charge in [-0.3, -0.25) is 9.10 Å². The van der Waals surface area contributed by atoms with Crippen LogP contribution in [0.4, 0.5) is 5.69 Å². The molecule has 0 fully saturated rings. The molecular formula is C29H36N2O4S. The summed E-state index contributed by atoms with van der Waals surface area (Å²) in [5, 5.41) is 3.16. The molecule has 1 atom stereocenters. The van der Waals surface area contributed by atoms with Crippen LogP contribution in [0.5, 0.6) is 5.75 Å². The summed E-state index contributed by atoms with van der Waals surface area (Å²) in [7, 11) is -1.88. The van der Waals surface area contributed by atoms with Crippen molar-refractivity contribution in [2.24, 2.45) is 5.92 Å². The summed E-state index contributed by atoms with van der Waals surface area (Å²) >= 11 is 0. The fourth-order valence-electron chi connectivity index (χ4n) is 4.32. The number of hydrogen-bond donors (Lipinski definition) is 1. The molecule has 0 saturated heterocycles. The monoisotopic (exact) mass is 508 g/mol. The third-order valence-electron chi connectivity index (χ3n) is 6.16. The zero-order valence-electron chi connectivity index (χ0n) is 21.9. The number of nitrogens with one attached hydrogen (secondary N) is 1. The van der Waals surface area contributed by atoms with Crippen molar-refractivity contribution in [3.8, 4) is 5.75 Å². The molecule has 36 heavy (non-hydrogen) atoms. The molecule has 0 spiro atoms. The van der Waals surface area contributed by atoms with Crippen molar-refractivity contribution in [2.75, 3.05) is 17.7 Å². The fourth-order valence-corrected chi connectivity index (χ4v) is 5.32. The number of carbonyl (C=O) groups is 1. The fraction of sp³-hybridized carbons (Fsp3) is 0.345. The van der Waals surface area contributed by atoms with E-state index in [2.05, 4.69) is 19.2 Å². The van der Waals surface area contributed by atoms with Crippen LogP contribution in [0.25, 0.3) is 0 Å². The molecule has 1 N–H and O–H groups in total. The summed E-state index contributed by atoms with van der Waals surface area (Å²) in [6.45, 7) is 8.26. The van der Waals surface area contributed by atoms with Crippen LogP contribution in [0.3, 0.4) is 0 Å². The standard InChI is InChI=1S/C29H36N2O4S/c1-20(2)18-27(24-14-16-26(35-5)17-15-24)30-29(32)25-12-10-23(11-13-25)19-31(36(6,33)34)28-21(3)8-7-9-22(28)4/h7-17,20,27H,18-19H2,1-6H3,(H,30,32)/t27-/m0/s1. The van der Waals surface area contributed by atoms with E-state index in [4.69, 9.17) is 4.74 Å². The lowest BCUT2D eigenvalue weighted by atomic mass is 9.96. The molecule has 7 heteroatoms.